The van der Waals surface area contributed by atoms with E-state index < -0.39 is 0 Å². The van der Waals surface area contributed by atoms with Crippen molar-refractivity contribution in [2.24, 2.45) is 5.41 Å². The van der Waals surface area contributed by atoms with E-state index >= 15 is 0 Å². The molecule has 0 radical (unpaired) electrons. The molecular formula is C15H26ClN3. The largest absolute Gasteiger partial charge is 0.370 e. The Morgan fingerprint density at radius 1 is 1.05 bits per heavy atom. The Kier molecular flexibility index (Phi) is 4.83. The van der Waals surface area contributed by atoms with E-state index in [1.807, 2.05) is 6.92 Å². The average molecular weight is 284 g/mol. The van der Waals surface area contributed by atoms with Crippen LogP contribution in [0.4, 0.5) is 5.82 Å². The van der Waals surface area contributed by atoms with Gasteiger partial charge >= 0.3 is 0 Å². The minimum absolute atomic E-state index is 0.0994. The molecule has 0 spiro atoms. The maximum atomic E-state index is 6.20. The monoisotopic (exact) mass is 283 g/mol. The Balaban J connectivity index is 2.91. The molecule has 4 heteroatoms. The second-order valence-electron chi connectivity index (χ2n) is 7.30. The zero-order valence-corrected chi connectivity index (χ0v) is 13.9. The Hall–Kier alpha value is -0.830. The molecule has 0 saturated carbocycles. The van der Waals surface area contributed by atoms with Crippen molar-refractivity contribution in [2.45, 2.75) is 60.3 Å². The zero-order chi connectivity index (χ0) is 14.8. The van der Waals surface area contributed by atoms with Gasteiger partial charge in [-0.3, -0.25) is 0 Å². The SMILES string of the molecule is Cc1c(Cl)nc(C(C)(C)C)nc1NCCC(C)(C)C. The molecule has 0 bridgehead atoms. The fourth-order valence-corrected chi connectivity index (χ4v) is 1.72. The summed E-state index contributed by atoms with van der Waals surface area (Å²) in [6.07, 6.45) is 1.08. The highest BCUT2D eigenvalue weighted by Crippen LogP contribution is 2.26. The molecule has 0 aliphatic carbocycles. The lowest BCUT2D eigenvalue weighted by molar-refractivity contribution is 0.389. The Morgan fingerprint density at radius 2 is 1.63 bits per heavy atom. The van der Waals surface area contributed by atoms with Gasteiger partial charge in [0.1, 0.15) is 16.8 Å². The van der Waals surface area contributed by atoms with Gasteiger partial charge in [0.15, 0.2) is 0 Å². The fourth-order valence-electron chi connectivity index (χ4n) is 1.55. The van der Waals surface area contributed by atoms with E-state index in [0.29, 0.717) is 10.6 Å². The van der Waals surface area contributed by atoms with Crippen LogP contribution >= 0.6 is 11.6 Å². The maximum absolute atomic E-state index is 6.20. The third-order valence-corrected chi connectivity index (χ3v) is 3.29. The zero-order valence-electron chi connectivity index (χ0n) is 13.2. The van der Waals surface area contributed by atoms with Crippen molar-refractivity contribution in [3.05, 3.63) is 16.5 Å². The van der Waals surface area contributed by atoms with Crippen molar-refractivity contribution in [1.29, 1.82) is 0 Å². The first kappa shape index (κ1) is 16.2. The van der Waals surface area contributed by atoms with E-state index in [9.17, 15) is 0 Å². The summed E-state index contributed by atoms with van der Waals surface area (Å²) in [5, 5.41) is 3.93. The predicted octanol–water partition coefficient (Wildman–Crippen LogP) is 4.58. The van der Waals surface area contributed by atoms with Crippen LogP contribution in [0.2, 0.25) is 5.15 Å². The summed E-state index contributed by atoms with van der Waals surface area (Å²) in [7, 11) is 0. The molecular weight excluding hydrogens is 258 g/mol. The van der Waals surface area contributed by atoms with Gasteiger partial charge in [-0.25, -0.2) is 9.97 Å². The van der Waals surface area contributed by atoms with Crippen molar-refractivity contribution in [3.63, 3.8) is 0 Å². The molecule has 0 atom stereocenters. The van der Waals surface area contributed by atoms with Gasteiger partial charge in [0.25, 0.3) is 0 Å². The lowest BCUT2D eigenvalue weighted by Crippen LogP contribution is -2.19. The third-order valence-electron chi connectivity index (χ3n) is 2.92. The van der Waals surface area contributed by atoms with E-state index in [-0.39, 0.29) is 5.41 Å². The Labute approximate surface area is 122 Å². The van der Waals surface area contributed by atoms with Gasteiger partial charge in [-0.15, -0.1) is 0 Å². The summed E-state index contributed by atoms with van der Waals surface area (Å²) in [6.45, 7) is 15.8. The standard InChI is InChI=1S/C15H26ClN3/c1-10-11(16)18-13(15(5,6)7)19-12(10)17-9-8-14(2,3)4/h8-9H2,1-7H3,(H,17,18,19). The minimum Gasteiger partial charge on any atom is -0.370 e. The molecule has 108 valence electrons. The summed E-state index contributed by atoms with van der Waals surface area (Å²) in [6, 6.07) is 0. The van der Waals surface area contributed by atoms with Crippen LogP contribution in [0.1, 0.15) is 59.4 Å². The van der Waals surface area contributed by atoms with Gasteiger partial charge < -0.3 is 5.32 Å². The van der Waals surface area contributed by atoms with E-state index in [4.69, 9.17) is 11.6 Å². The Morgan fingerprint density at radius 3 is 2.11 bits per heavy atom. The first-order valence-corrected chi connectivity index (χ1v) is 7.17. The molecule has 1 rings (SSSR count). The molecule has 1 aromatic heterocycles. The first-order valence-electron chi connectivity index (χ1n) is 6.79. The molecule has 0 saturated heterocycles. The molecule has 0 unspecified atom stereocenters. The predicted molar refractivity (Wildman–Crippen MR) is 83.0 cm³/mol. The molecule has 0 aromatic carbocycles. The number of anilines is 1. The number of halogens is 1. The highest BCUT2D eigenvalue weighted by Gasteiger charge is 2.20. The van der Waals surface area contributed by atoms with Crippen molar-refractivity contribution in [2.75, 3.05) is 11.9 Å². The summed E-state index contributed by atoms with van der Waals surface area (Å²) < 4.78 is 0. The van der Waals surface area contributed by atoms with Crippen LogP contribution in [0.25, 0.3) is 0 Å². The average Bonchev–Trinajstić information content (AvgIpc) is 2.20. The fraction of sp³-hybridized carbons (Fsp3) is 0.733. The lowest BCUT2D eigenvalue weighted by Gasteiger charge is -2.21. The Bertz CT molecular complexity index is 442. The second-order valence-corrected chi connectivity index (χ2v) is 7.66. The molecule has 19 heavy (non-hydrogen) atoms. The van der Waals surface area contributed by atoms with E-state index in [2.05, 4.69) is 56.8 Å². The molecule has 3 nitrogen and oxygen atoms in total. The van der Waals surface area contributed by atoms with Crippen LogP contribution in [-0.2, 0) is 5.41 Å². The van der Waals surface area contributed by atoms with Crippen LogP contribution in [0.5, 0.6) is 0 Å². The van der Waals surface area contributed by atoms with Gasteiger partial charge in [0.05, 0.1) is 0 Å². The van der Waals surface area contributed by atoms with Crippen LogP contribution in [-0.4, -0.2) is 16.5 Å². The van der Waals surface area contributed by atoms with Crippen molar-refractivity contribution >= 4 is 17.4 Å². The third kappa shape index (κ3) is 4.98. The highest BCUT2D eigenvalue weighted by molar-refractivity contribution is 6.30. The van der Waals surface area contributed by atoms with Crippen molar-refractivity contribution in [1.82, 2.24) is 9.97 Å². The summed E-state index contributed by atoms with van der Waals surface area (Å²) in [4.78, 5) is 8.99. The van der Waals surface area contributed by atoms with Crippen LogP contribution in [0.15, 0.2) is 0 Å². The number of nitrogens with one attached hydrogen (secondary N) is 1. The van der Waals surface area contributed by atoms with E-state index in [1.54, 1.807) is 0 Å². The van der Waals surface area contributed by atoms with Gasteiger partial charge in [-0.1, -0.05) is 53.1 Å². The van der Waals surface area contributed by atoms with E-state index in [0.717, 1.165) is 30.2 Å². The van der Waals surface area contributed by atoms with Gasteiger partial charge in [0.2, 0.25) is 0 Å². The number of aromatic nitrogens is 2. The van der Waals surface area contributed by atoms with Crippen molar-refractivity contribution < 1.29 is 0 Å². The molecule has 0 aliphatic heterocycles. The van der Waals surface area contributed by atoms with Gasteiger partial charge in [-0.2, -0.15) is 0 Å². The number of nitrogens with zero attached hydrogens (tertiary/aromatic N) is 2. The highest BCUT2D eigenvalue weighted by atomic mass is 35.5. The summed E-state index contributed by atoms with van der Waals surface area (Å²) in [5.41, 5.74) is 1.13. The minimum atomic E-state index is -0.0994. The van der Waals surface area contributed by atoms with Gasteiger partial charge in [-0.05, 0) is 18.8 Å². The van der Waals surface area contributed by atoms with Gasteiger partial charge in [0, 0.05) is 17.5 Å². The topological polar surface area (TPSA) is 37.8 Å². The van der Waals surface area contributed by atoms with Crippen molar-refractivity contribution in [3.8, 4) is 0 Å². The smallest absolute Gasteiger partial charge is 0.137 e. The van der Waals surface area contributed by atoms with Crippen LogP contribution in [0, 0.1) is 12.3 Å². The molecule has 0 aliphatic rings. The summed E-state index contributed by atoms with van der Waals surface area (Å²) in [5.74, 6) is 1.63. The quantitative estimate of drug-likeness (QED) is 0.825. The molecule has 0 fully saturated rings. The molecule has 1 aromatic rings. The summed E-state index contributed by atoms with van der Waals surface area (Å²) >= 11 is 6.20. The molecule has 1 heterocycles. The molecule has 0 amide bonds. The van der Waals surface area contributed by atoms with Crippen LogP contribution < -0.4 is 5.32 Å². The van der Waals surface area contributed by atoms with E-state index in [1.165, 1.54) is 0 Å². The normalized spacial score (nSPS) is 12.6. The second kappa shape index (κ2) is 5.66. The number of hydrogen-bond acceptors (Lipinski definition) is 3. The number of rotatable bonds is 3. The maximum Gasteiger partial charge on any atom is 0.137 e. The number of hydrogen-bond donors (Lipinski definition) is 1. The first-order chi connectivity index (χ1) is 8.50. The van der Waals surface area contributed by atoms with Crippen LogP contribution in [0.3, 0.4) is 0 Å². The lowest BCUT2D eigenvalue weighted by atomic mass is 9.92. The molecule has 1 N–H and O–H groups in total.